The first-order valence-corrected chi connectivity index (χ1v) is 10.0. The first-order valence-electron chi connectivity index (χ1n) is 10.0. The normalized spacial score (nSPS) is 12.1. The van der Waals surface area contributed by atoms with E-state index >= 15 is 0 Å². The first-order chi connectivity index (χ1) is 13.6. The summed E-state index contributed by atoms with van der Waals surface area (Å²) in [6.45, 7) is 10.7. The van der Waals surface area contributed by atoms with Crippen molar-refractivity contribution in [2.45, 2.75) is 45.4 Å². The second kappa shape index (κ2) is 7.47. The van der Waals surface area contributed by atoms with Crippen molar-refractivity contribution in [3.8, 4) is 5.75 Å². The lowest BCUT2D eigenvalue weighted by atomic mass is 9.70. The molecule has 3 heteroatoms. The van der Waals surface area contributed by atoms with Crippen LogP contribution in [0.3, 0.4) is 0 Å². The van der Waals surface area contributed by atoms with Gasteiger partial charge in [-0.1, -0.05) is 88.4 Å². The van der Waals surface area contributed by atoms with E-state index in [0.29, 0.717) is 11.4 Å². The van der Waals surface area contributed by atoms with E-state index in [2.05, 4.69) is 76.2 Å². The number of benzene rings is 3. The van der Waals surface area contributed by atoms with Crippen LogP contribution in [0, 0.1) is 6.92 Å². The van der Waals surface area contributed by atoms with Gasteiger partial charge in [-0.3, -0.25) is 0 Å². The summed E-state index contributed by atoms with van der Waals surface area (Å²) >= 11 is 0. The molecule has 0 fully saturated rings. The van der Waals surface area contributed by atoms with Crippen molar-refractivity contribution in [1.29, 1.82) is 0 Å². The van der Waals surface area contributed by atoms with Crippen LogP contribution in [0.15, 0.2) is 60.7 Å². The van der Waals surface area contributed by atoms with Crippen LogP contribution in [0.4, 0.5) is 11.4 Å². The Bertz CT molecular complexity index is 927. The van der Waals surface area contributed by atoms with Gasteiger partial charge in [0.05, 0.1) is 7.11 Å². The molecule has 0 aliphatic heterocycles. The lowest BCUT2D eigenvalue weighted by molar-refractivity contribution is 0.388. The molecule has 0 saturated carbocycles. The fourth-order valence-corrected chi connectivity index (χ4v) is 4.33. The van der Waals surface area contributed by atoms with Gasteiger partial charge in [0.1, 0.15) is 5.75 Å². The SMILES string of the molecule is COc1c(C(C)(C)c2ccccc2)c(N)c(C)c(N)c1C(C)(C)c1ccccc1. The van der Waals surface area contributed by atoms with E-state index in [1.54, 1.807) is 7.11 Å². The van der Waals surface area contributed by atoms with Crippen LogP contribution in [0.1, 0.15) is 55.5 Å². The Labute approximate surface area is 174 Å². The molecule has 0 aliphatic rings. The summed E-state index contributed by atoms with van der Waals surface area (Å²) in [6, 6.07) is 20.8. The van der Waals surface area contributed by atoms with Crippen LogP contribution >= 0.6 is 0 Å². The summed E-state index contributed by atoms with van der Waals surface area (Å²) in [7, 11) is 1.71. The van der Waals surface area contributed by atoms with Gasteiger partial charge in [0, 0.05) is 33.3 Å². The molecule has 0 bridgehead atoms. The van der Waals surface area contributed by atoms with Gasteiger partial charge in [-0.25, -0.2) is 0 Å². The number of anilines is 2. The number of hydrogen-bond acceptors (Lipinski definition) is 3. The molecule has 0 atom stereocenters. The minimum atomic E-state index is -0.351. The molecule has 0 aromatic heterocycles. The van der Waals surface area contributed by atoms with Gasteiger partial charge < -0.3 is 16.2 Å². The highest BCUT2D eigenvalue weighted by Crippen LogP contribution is 2.51. The number of nitrogens with two attached hydrogens (primary N) is 2. The van der Waals surface area contributed by atoms with E-state index in [1.165, 1.54) is 11.1 Å². The van der Waals surface area contributed by atoms with Crippen molar-refractivity contribution in [2.75, 3.05) is 18.6 Å². The Morgan fingerprint density at radius 1 is 0.655 bits per heavy atom. The van der Waals surface area contributed by atoms with Crippen LogP contribution in [0.2, 0.25) is 0 Å². The fourth-order valence-electron chi connectivity index (χ4n) is 4.33. The summed E-state index contributed by atoms with van der Waals surface area (Å²) in [4.78, 5) is 0. The molecule has 0 spiro atoms. The maximum Gasteiger partial charge on any atom is 0.131 e. The summed E-state index contributed by atoms with van der Waals surface area (Å²) in [6.07, 6.45) is 0. The van der Waals surface area contributed by atoms with Crippen molar-refractivity contribution < 1.29 is 4.74 Å². The average molecular weight is 389 g/mol. The van der Waals surface area contributed by atoms with Gasteiger partial charge in [0.2, 0.25) is 0 Å². The van der Waals surface area contributed by atoms with Crippen LogP contribution in [-0.4, -0.2) is 7.11 Å². The summed E-state index contributed by atoms with van der Waals surface area (Å²) < 4.78 is 6.05. The van der Waals surface area contributed by atoms with Gasteiger partial charge in [-0.15, -0.1) is 0 Å². The van der Waals surface area contributed by atoms with Gasteiger partial charge in [0.25, 0.3) is 0 Å². The van der Waals surface area contributed by atoms with E-state index in [4.69, 9.17) is 16.2 Å². The zero-order valence-corrected chi connectivity index (χ0v) is 18.3. The minimum absolute atomic E-state index is 0.351. The standard InChI is InChI=1S/C26H32N2O/c1-17-22(27)20(25(2,3)18-13-9-7-10-14-18)24(29-6)21(23(17)28)26(4,5)19-15-11-8-12-16-19/h7-16H,27-28H2,1-6H3. The highest BCUT2D eigenvalue weighted by atomic mass is 16.5. The largest absolute Gasteiger partial charge is 0.496 e. The first kappa shape index (κ1) is 20.8. The molecular weight excluding hydrogens is 356 g/mol. The molecule has 0 aliphatic carbocycles. The molecule has 4 N–H and O–H groups in total. The molecule has 152 valence electrons. The van der Waals surface area contributed by atoms with Crippen molar-refractivity contribution >= 4 is 11.4 Å². The maximum atomic E-state index is 6.67. The number of hydrogen-bond donors (Lipinski definition) is 2. The minimum Gasteiger partial charge on any atom is -0.496 e. The highest BCUT2D eigenvalue weighted by Gasteiger charge is 2.37. The monoisotopic (exact) mass is 388 g/mol. The Morgan fingerprint density at radius 2 is 1.00 bits per heavy atom. The van der Waals surface area contributed by atoms with E-state index in [0.717, 1.165) is 22.4 Å². The van der Waals surface area contributed by atoms with Crippen molar-refractivity contribution in [2.24, 2.45) is 0 Å². The zero-order chi connectivity index (χ0) is 21.4. The summed E-state index contributed by atoms with van der Waals surface area (Å²) in [5.41, 5.74) is 19.3. The van der Waals surface area contributed by atoms with Gasteiger partial charge in [-0.2, -0.15) is 0 Å². The van der Waals surface area contributed by atoms with Crippen molar-refractivity contribution in [3.63, 3.8) is 0 Å². The van der Waals surface area contributed by atoms with E-state index in [1.807, 2.05) is 19.1 Å². The van der Waals surface area contributed by atoms with Crippen LogP contribution in [0.25, 0.3) is 0 Å². The lowest BCUT2D eigenvalue weighted by Crippen LogP contribution is -2.28. The average Bonchev–Trinajstić information content (AvgIpc) is 2.72. The van der Waals surface area contributed by atoms with Crippen molar-refractivity contribution in [3.05, 3.63) is 88.5 Å². The van der Waals surface area contributed by atoms with Gasteiger partial charge in [-0.05, 0) is 23.6 Å². The van der Waals surface area contributed by atoms with Gasteiger partial charge in [0.15, 0.2) is 0 Å². The fraction of sp³-hybridized carbons (Fsp3) is 0.308. The Balaban J connectivity index is 2.38. The van der Waals surface area contributed by atoms with E-state index in [-0.39, 0.29) is 10.8 Å². The number of nitrogen functional groups attached to an aromatic ring is 2. The smallest absolute Gasteiger partial charge is 0.131 e. The predicted molar refractivity (Wildman–Crippen MR) is 124 cm³/mol. The van der Waals surface area contributed by atoms with Crippen LogP contribution < -0.4 is 16.2 Å². The molecule has 0 radical (unpaired) electrons. The maximum absolute atomic E-state index is 6.67. The summed E-state index contributed by atoms with van der Waals surface area (Å²) in [5, 5.41) is 0. The van der Waals surface area contributed by atoms with Crippen molar-refractivity contribution in [1.82, 2.24) is 0 Å². The number of methoxy groups -OCH3 is 1. The molecule has 3 aromatic rings. The topological polar surface area (TPSA) is 61.3 Å². The lowest BCUT2D eigenvalue weighted by Gasteiger charge is -2.36. The van der Waals surface area contributed by atoms with E-state index < -0.39 is 0 Å². The highest BCUT2D eigenvalue weighted by molar-refractivity contribution is 5.79. The second-order valence-electron chi connectivity index (χ2n) is 8.72. The molecule has 0 saturated heterocycles. The van der Waals surface area contributed by atoms with Crippen LogP contribution in [-0.2, 0) is 10.8 Å². The quantitative estimate of drug-likeness (QED) is 0.541. The Morgan fingerprint density at radius 3 is 1.31 bits per heavy atom. The van der Waals surface area contributed by atoms with E-state index in [9.17, 15) is 0 Å². The molecule has 0 unspecified atom stereocenters. The summed E-state index contributed by atoms with van der Waals surface area (Å²) in [5.74, 6) is 0.772. The van der Waals surface area contributed by atoms with Crippen LogP contribution in [0.5, 0.6) is 5.75 Å². The van der Waals surface area contributed by atoms with Gasteiger partial charge >= 0.3 is 0 Å². The zero-order valence-electron chi connectivity index (χ0n) is 18.3. The Kier molecular flexibility index (Phi) is 5.36. The third-order valence-corrected chi connectivity index (χ3v) is 6.25. The molecule has 0 heterocycles. The molecule has 29 heavy (non-hydrogen) atoms. The molecule has 3 aromatic carbocycles. The number of ether oxygens (including phenoxy) is 1. The molecule has 3 rings (SSSR count). The second-order valence-corrected chi connectivity index (χ2v) is 8.72. The third-order valence-electron chi connectivity index (χ3n) is 6.25. The molecule has 0 amide bonds. The molecule has 3 nitrogen and oxygen atoms in total. The Hall–Kier alpha value is -2.94. The molecular formula is C26H32N2O. The predicted octanol–water partition coefficient (Wildman–Crippen LogP) is 5.82. The third kappa shape index (κ3) is 3.35. The number of rotatable bonds is 5.